The van der Waals surface area contributed by atoms with Crippen molar-refractivity contribution in [3.8, 4) is 0 Å². The largest absolute Gasteiger partial charge is 0.397 e. The summed E-state index contributed by atoms with van der Waals surface area (Å²) < 4.78 is 26.7. The summed E-state index contributed by atoms with van der Waals surface area (Å²) in [5.74, 6) is -1.68. The van der Waals surface area contributed by atoms with Crippen molar-refractivity contribution in [3.63, 3.8) is 0 Å². The van der Waals surface area contributed by atoms with Crippen LogP contribution in [0.5, 0.6) is 0 Å². The molecule has 0 aromatic heterocycles. The normalized spacial score (nSPS) is 20.4. The van der Waals surface area contributed by atoms with Crippen LogP contribution < -0.4 is 10.6 Å². The Morgan fingerprint density at radius 3 is 2.81 bits per heavy atom. The summed E-state index contributed by atoms with van der Waals surface area (Å²) >= 11 is 0. The number of halogens is 2. The van der Waals surface area contributed by atoms with Gasteiger partial charge in [0.05, 0.1) is 11.4 Å². The smallest absolute Gasteiger partial charge is 0.184 e. The van der Waals surface area contributed by atoms with E-state index in [0.717, 1.165) is 12.5 Å². The van der Waals surface area contributed by atoms with Crippen molar-refractivity contribution in [1.29, 1.82) is 0 Å². The number of rotatable bonds is 2. The average Bonchev–Trinajstić information content (AvgIpc) is 2.73. The second kappa shape index (κ2) is 4.25. The molecule has 0 radical (unpaired) electrons. The molecule has 0 aliphatic carbocycles. The molecule has 1 atom stereocenters. The zero-order chi connectivity index (χ0) is 11.7. The van der Waals surface area contributed by atoms with E-state index in [1.807, 2.05) is 0 Å². The van der Waals surface area contributed by atoms with Gasteiger partial charge in [0, 0.05) is 25.6 Å². The molecular formula is C11H14F2N2O. The SMILES string of the molecule is Nc1ccc(F)c(F)c1N1CCC(CO)C1. The first-order valence-corrected chi connectivity index (χ1v) is 5.22. The number of aliphatic hydroxyl groups excluding tert-OH is 1. The lowest BCUT2D eigenvalue weighted by Gasteiger charge is -2.21. The van der Waals surface area contributed by atoms with Gasteiger partial charge in [0.2, 0.25) is 0 Å². The lowest BCUT2D eigenvalue weighted by atomic mass is 10.1. The number of anilines is 2. The van der Waals surface area contributed by atoms with Crippen molar-refractivity contribution >= 4 is 11.4 Å². The summed E-state index contributed by atoms with van der Waals surface area (Å²) in [5, 5.41) is 9.00. The molecular weight excluding hydrogens is 214 g/mol. The van der Waals surface area contributed by atoms with E-state index in [4.69, 9.17) is 10.8 Å². The van der Waals surface area contributed by atoms with Gasteiger partial charge >= 0.3 is 0 Å². The van der Waals surface area contributed by atoms with Crippen LogP contribution >= 0.6 is 0 Å². The highest BCUT2D eigenvalue weighted by Crippen LogP contribution is 2.32. The number of nitrogens with two attached hydrogens (primary N) is 1. The molecule has 3 nitrogen and oxygen atoms in total. The average molecular weight is 228 g/mol. The highest BCUT2D eigenvalue weighted by atomic mass is 19.2. The van der Waals surface area contributed by atoms with Crippen LogP contribution in [0.1, 0.15) is 6.42 Å². The van der Waals surface area contributed by atoms with Gasteiger partial charge in [-0.2, -0.15) is 0 Å². The van der Waals surface area contributed by atoms with E-state index in [1.165, 1.54) is 6.07 Å². The second-order valence-electron chi connectivity index (χ2n) is 4.08. The topological polar surface area (TPSA) is 49.5 Å². The molecule has 1 saturated heterocycles. The zero-order valence-electron chi connectivity index (χ0n) is 8.79. The summed E-state index contributed by atoms with van der Waals surface area (Å²) in [7, 11) is 0. The maximum Gasteiger partial charge on any atom is 0.184 e. The van der Waals surface area contributed by atoms with Crippen molar-refractivity contribution in [2.24, 2.45) is 5.92 Å². The Hall–Kier alpha value is -1.36. The molecule has 1 fully saturated rings. The van der Waals surface area contributed by atoms with E-state index in [0.29, 0.717) is 13.1 Å². The Balaban J connectivity index is 2.30. The molecule has 0 saturated carbocycles. The van der Waals surface area contributed by atoms with Crippen LogP contribution in [0.2, 0.25) is 0 Å². The van der Waals surface area contributed by atoms with E-state index in [-0.39, 0.29) is 23.9 Å². The maximum absolute atomic E-state index is 13.6. The first-order chi connectivity index (χ1) is 7.63. The summed E-state index contributed by atoms with van der Waals surface area (Å²) in [5.41, 5.74) is 6.00. The predicted molar refractivity (Wildman–Crippen MR) is 58.2 cm³/mol. The molecule has 1 aromatic rings. The zero-order valence-corrected chi connectivity index (χ0v) is 8.79. The lowest BCUT2D eigenvalue weighted by Crippen LogP contribution is -2.23. The van der Waals surface area contributed by atoms with Gasteiger partial charge in [0.1, 0.15) is 0 Å². The van der Waals surface area contributed by atoms with E-state index >= 15 is 0 Å². The Morgan fingerprint density at radius 2 is 2.19 bits per heavy atom. The van der Waals surface area contributed by atoms with Gasteiger partial charge in [-0.1, -0.05) is 0 Å². The first-order valence-electron chi connectivity index (χ1n) is 5.22. The molecule has 16 heavy (non-hydrogen) atoms. The summed E-state index contributed by atoms with van der Waals surface area (Å²) in [6.45, 7) is 1.17. The second-order valence-corrected chi connectivity index (χ2v) is 4.08. The molecule has 88 valence electrons. The van der Waals surface area contributed by atoms with E-state index in [2.05, 4.69) is 0 Å². The third-order valence-electron chi connectivity index (χ3n) is 2.96. The van der Waals surface area contributed by atoms with Crippen LogP contribution in [-0.2, 0) is 0 Å². The van der Waals surface area contributed by atoms with Crippen LogP contribution in [-0.4, -0.2) is 24.8 Å². The van der Waals surface area contributed by atoms with Crippen molar-refractivity contribution in [1.82, 2.24) is 0 Å². The number of nitrogens with zero attached hydrogens (tertiary/aromatic N) is 1. The number of aliphatic hydroxyl groups is 1. The van der Waals surface area contributed by atoms with Gasteiger partial charge in [-0.3, -0.25) is 0 Å². The molecule has 0 spiro atoms. The lowest BCUT2D eigenvalue weighted by molar-refractivity contribution is 0.238. The molecule has 0 amide bonds. The van der Waals surface area contributed by atoms with Crippen LogP contribution in [0.15, 0.2) is 12.1 Å². The highest BCUT2D eigenvalue weighted by Gasteiger charge is 2.26. The number of hydrogen-bond donors (Lipinski definition) is 2. The summed E-state index contributed by atoms with van der Waals surface area (Å²) in [6, 6.07) is 2.38. The highest BCUT2D eigenvalue weighted by molar-refractivity contribution is 5.68. The van der Waals surface area contributed by atoms with Crippen molar-refractivity contribution in [2.45, 2.75) is 6.42 Å². The fraction of sp³-hybridized carbons (Fsp3) is 0.455. The van der Waals surface area contributed by atoms with Gasteiger partial charge in [-0.15, -0.1) is 0 Å². The van der Waals surface area contributed by atoms with Gasteiger partial charge in [-0.05, 0) is 18.6 Å². The Bertz CT molecular complexity index is 398. The molecule has 1 aromatic carbocycles. The van der Waals surface area contributed by atoms with Gasteiger partial charge in [-0.25, -0.2) is 8.78 Å². The first kappa shape index (κ1) is 11.1. The fourth-order valence-electron chi connectivity index (χ4n) is 2.06. The Morgan fingerprint density at radius 1 is 1.44 bits per heavy atom. The molecule has 3 N–H and O–H groups in total. The maximum atomic E-state index is 13.6. The standard InChI is InChI=1S/C11H14F2N2O/c12-8-1-2-9(14)11(10(8)13)15-4-3-7(5-15)6-16/h1-2,7,16H,3-6,14H2. The molecule has 1 aliphatic rings. The van der Waals surface area contributed by atoms with Gasteiger partial charge in [0.15, 0.2) is 11.6 Å². The van der Waals surface area contributed by atoms with Crippen LogP contribution in [0, 0.1) is 17.6 Å². The predicted octanol–water partition coefficient (Wildman–Crippen LogP) is 1.37. The molecule has 5 heteroatoms. The minimum Gasteiger partial charge on any atom is -0.397 e. The molecule has 1 aliphatic heterocycles. The minimum atomic E-state index is -0.904. The Labute approximate surface area is 92.5 Å². The Kier molecular flexibility index (Phi) is 2.96. The number of nitrogen functional groups attached to an aromatic ring is 1. The third kappa shape index (κ3) is 1.82. The quantitative estimate of drug-likeness (QED) is 0.751. The van der Waals surface area contributed by atoms with Gasteiger partial charge in [0.25, 0.3) is 0 Å². The van der Waals surface area contributed by atoms with E-state index < -0.39 is 11.6 Å². The van der Waals surface area contributed by atoms with Gasteiger partial charge < -0.3 is 15.7 Å². The molecule has 2 rings (SSSR count). The van der Waals surface area contributed by atoms with Crippen LogP contribution in [0.25, 0.3) is 0 Å². The monoisotopic (exact) mass is 228 g/mol. The fourth-order valence-corrected chi connectivity index (χ4v) is 2.06. The van der Waals surface area contributed by atoms with Crippen molar-refractivity contribution in [3.05, 3.63) is 23.8 Å². The van der Waals surface area contributed by atoms with E-state index in [9.17, 15) is 8.78 Å². The minimum absolute atomic E-state index is 0.0628. The van der Waals surface area contributed by atoms with Crippen LogP contribution in [0.4, 0.5) is 20.2 Å². The summed E-state index contributed by atoms with van der Waals surface area (Å²) in [6.07, 6.45) is 0.770. The van der Waals surface area contributed by atoms with Crippen LogP contribution in [0.3, 0.4) is 0 Å². The van der Waals surface area contributed by atoms with Crippen molar-refractivity contribution < 1.29 is 13.9 Å². The number of benzene rings is 1. The molecule has 1 heterocycles. The number of hydrogen-bond acceptors (Lipinski definition) is 3. The van der Waals surface area contributed by atoms with E-state index in [1.54, 1.807) is 4.90 Å². The molecule has 0 bridgehead atoms. The van der Waals surface area contributed by atoms with Crippen molar-refractivity contribution in [2.75, 3.05) is 30.3 Å². The summed E-state index contributed by atoms with van der Waals surface area (Å²) in [4.78, 5) is 1.69. The molecule has 1 unspecified atom stereocenters. The third-order valence-corrected chi connectivity index (χ3v) is 2.96.